The number of aromatic nitrogens is 4. The minimum Gasteiger partial charge on any atom is -0.308 e. The number of para-hydroxylation sites is 1. The molecule has 0 aliphatic heterocycles. The van der Waals surface area contributed by atoms with Crippen molar-refractivity contribution in [3.05, 3.63) is 211 Å². The van der Waals surface area contributed by atoms with Crippen LogP contribution in [-0.2, 0) is 0 Å². The highest BCUT2D eigenvalue weighted by Gasteiger charge is 2.24. The highest BCUT2D eigenvalue weighted by atomic mass is 15.0. The molecule has 10 rings (SSSR count). The molecule has 0 fully saturated rings. The van der Waals surface area contributed by atoms with Crippen LogP contribution in [0.1, 0.15) is 11.1 Å². The van der Waals surface area contributed by atoms with Gasteiger partial charge in [-0.1, -0.05) is 145 Å². The van der Waals surface area contributed by atoms with Crippen molar-refractivity contribution in [2.24, 2.45) is 0 Å². The van der Waals surface area contributed by atoms with Gasteiger partial charge < -0.3 is 4.57 Å². The van der Waals surface area contributed by atoms with Gasteiger partial charge in [0.1, 0.15) is 0 Å². The summed E-state index contributed by atoms with van der Waals surface area (Å²) in [6.07, 6.45) is 0. The SMILES string of the molecule is [C-]#[N+]c1cccc(-c2cc(-c3nc(-c4ccccc4)nc(-c4ccccc4)n3)cc(-c3cccc(C#N)c3)c2-n2c3ccccc3c3cc(-c4ccc(C)cc4)ccc32)c1. The van der Waals surface area contributed by atoms with Crippen LogP contribution in [-0.4, -0.2) is 19.5 Å². The van der Waals surface area contributed by atoms with Crippen molar-refractivity contribution in [3.63, 3.8) is 0 Å². The van der Waals surface area contributed by atoms with E-state index in [1.165, 1.54) is 5.56 Å². The molecule has 0 N–H and O–H groups in total. The maximum absolute atomic E-state index is 10.2. The summed E-state index contributed by atoms with van der Waals surface area (Å²) in [4.78, 5) is 19.1. The smallest absolute Gasteiger partial charge is 0.187 e. The van der Waals surface area contributed by atoms with Crippen LogP contribution in [0.2, 0.25) is 0 Å². The molecule has 60 heavy (non-hydrogen) atoms. The van der Waals surface area contributed by atoms with Crippen LogP contribution in [0.3, 0.4) is 0 Å². The minimum absolute atomic E-state index is 0.500. The lowest BCUT2D eigenvalue weighted by Gasteiger charge is -2.21. The Kier molecular flexibility index (Phi) is 9.06. The monoisotopic (exact) mass is 766 g/mol. The zero-order valence-corrected chi connectivity index (χ0v) is 32.6. The highest BCUT2D eigenvalue weighted by molar-refractivity contribution is 6.12. The Hall–Kier alpha value is -8.45. The summed E-state index contributed by atoms with van der Waals surface area (Å²) in [6.45, 7) is 10.1. The quantitative estimate of drug-likeness (QED) is 0.151. The maximum Gasteiger partial charge on any atom is 0.187 e. The third kappa shape index (κ3) is 6.55. The summed E-state index contributed by atoms with van der Waals surface area (Å²) in [6, 6.07) is 65.8. The average molecular weight is 767 g/mol. The van der Waals surface area contributed by atoms with Gasteiger partial charge in [-0.05, 0) is 77.7 Å². The zero-order valence-electron chi connectivity index (χ0n) is 32.6. The van der Waals surface area contributed by atoms with Gasteiger partial charge in [-0.15, -0.1) is 0 Å². The van der Waals surface area contributed by atoms with E-state index in [2.05, 4.69) is 101 Å². The highest BCUT2D eigenvalue weighted by Crippen LogP contribution is 2.45. The first kappa shape index (κ1) is 35.9. The van der Waals surface area contributed by atoms with Gasteiger partial charge in [-0.3, -0.25) is 0 Å². The number of aryl methyl sites for hydroxylation is 1. The van der Waals surface area contributed by atoms with Crippen LogP contribution < -0.4 is 0 Å². The van der Waals surface area contributed by atoms with E-state index < -0.39 is 0 Å². The molecule has 0 aliphatic carbocycles. The summed E-state index contributed by atoms with van der Waals surface area (Å²) in [5.74, 6) is 1.61. The first-order valence-corrected chi connectivity index (χ1v) is 19.7. The first-order chi connectivity index (χ1) is 29.5. The van der Waals surface area contributed by atoms with E-state index in [0.717, 1.165) is 77.6 Å². The van der Waals surface area contributed by atoms with E-state index in [1.54, 1.807) is 0 Å². The fourth-order valence-corrected chi connectivity index (χ4v) is 8.02. The molecule has 10 aromatic rings. The van der Waals surface area contributed by atoms with Crippen LogP contribution in [0.4, 0.5) is 5.69 Å². The van der Waals surface area contributed by atoms with E-state index in [1.807, 2.05) is 109 Å². The molecular weight excluding hydrogens is 733 g/mol. The van der Waals surface area contributed by atoms with E-state index in [4.69, 9.17) is 21.5 Å². The van der Waals surface area contributed by atoms with Crippen molar-refractivity contribution in [2.45, 2.75) is 6.92 Å². The van der Waals surface area contributed by atoms with Crippen LogP contribution in [0, 0.1) is 24.8 Å². The van der Waals surface area contributed by atoms with Gasteiger partial charge >= 0.3 is 0 Å². The van der Waals surface area contributed by atoms with Gasteiger partial charge in [0, 0.05) is 38.6 Å². The van der Waals surface area contributed by atoms with Gasteiger partial charge in [-0.25, -0.2) is 19.8 Å². The van der Waals surface area contributed by atoms with E-state index in [-0.39, 0.29) is 0 Å². The van der Waals surface area contributed by atoms with Gasteiger partial charge in [0.25, 0.3) is 0 Å². The Balaban J connectivity index is 1.33. The Morgan fingerprint density at radius 2 is 1.02 bits per heavy atom. The molecule has 2 heterocycles. The standard InChI is InChI=1S/C54H34N6/c1-35-23-25-37(26-24-35)40-27-28-50-48(31-40)45-21-9-10-22-49(45)60(50)51-46(41-18-11-13-36(29-41)34-55)32-43(33-47(51)42-19-12-20-44(30-42)56-2)54-58-52(38-14-5-3-6-15-38)57-53(59-54)39-16-7-4-8-17-39/h3-33H,1H3. The van der Waals surface area contributed by atoms with Crippen LogP contribution in [0.15, 0.2) is 188 Å². The fourth-order valence-electron chi connectivity index (χ4n) is 8.02. The second kappa shape index (κ2) is 15.1. The second-order valence-corrected chi connectivity index (χ2v) is 14.8. The number of rotatable bonds is 7. The fraction of sp³-hybridized carbons (Fsp3) is 0.0185. The molecule has 0 saturated carbocycles. The van der Waals surface area contributed by atoms with Crippen LogP contribution in [0.5, 0.6) is 0 Å². The Morgan fingerprint density at radius 1 is 0.467 bits per heavy atom. The van der Waals surface area contributed by atoms with Crippen LogP contribution in [0.25, 0.3) is 99.9 Å². The molecule has 0 unspecified atom stereocenters. The summed E-state index contributed by atoms with van der Waals surface area (Å²) in [5.41, 5.74) is 13.5. The molecule has 0 bridgehead atoms. The Labute approximate surface area is 347 Å². The minimum atomic E-state index is 0.500. The molecule has 6 nitrogen and oxygen atoms in total. The van der Waals surface area contributed by atoms with Crippen molar-refractivity contribution >= 4 is 27.5 Å². The van der Waals surface area contributed by atoms with Crippen molar-refractivity contribution in [1.29, 1.82) is 5.26 Å². The average Bonchev–Trinajstić information content (AvgIpc) is 3.65. The lowest BCUT2D eigenvalue weighted by atomic mass is 9.91. The first-order valence-electron chi connectivity index (χ1n) is 19.7. The summed E-state index contributed by atoms with van der Waals surface area (Å²) >= 11 is 0. The number of hydrogen-bond donors (Lipinski definition) is 0. The van der Waals surface area contributed by atoms with Gasteiger partial charge in [0.15, 0.2) is 23.2 Å². The number of fused-ring (bicyclic) bond motifs is 3. The normalized spacial score (nSPS) is 11.1. The lowest BCUT2D eigenvalue weighted by Crippen LogP contribution is -2.04. The molecule has 0 aliphatic rings. The third-order valence-electron chi connectivity index (χ3n) is 10.9. The molecule has 0 radical (unpaired) electrons. The van der Waals surface area contributed by atoms with Crippen molar-refractivity contribution in [2.75, 3.05) is 0 Å². The lowest BCUT2D eigenvalue weighted by molar-refractivity contribution is 1.07. The molecule has 0 saturated heterocycles. The summed E-state index contributed by atoms with van der Waals surface area (Å²) in [5, 5.41) is 12.4. The molecule has 0 atom stereocenters. The molecule has 8 aromatic carbocycles. The van der Waals surface area contributed by atoms with Crippen molar-refractivity contribution in [1.82, 2.24) is 19.5 Å². The van der Waals surface area contributed by atoms with Gasteiger partial charge in [-0.2, -0.15) is 5.26 Å². The van der Waals surface area contributed by atoms with Crippen LogP contribution >= 0.6 is 0 Å². The predicted octanol–water partition coefficient (Wildman–Crippen LogP) is 13.7. The summed E-state index contributed by atoms with van der Waals surface area (Å²) < 4.78 is 2.33. The number of benzene rings is 8. The van der Waals surface area contributed by atoms with Gasteiger partial charge in [0.2, 0.25) is 0 Å². The molecular formula is C54H34N6. The zero-order chi connectivity index (χ0) is 40.6. The van der Waals surface area contributed by atoms with E-state index in [9.17, 15) is 5.26 Å². The Bertz CT molecular complexity index is 3200. The van der Waals surface area contributed by atoms with E-state index >= 15 is 0 Å². The largest absolute Gasteiger partial charge is 0.308 e. The third-order valence-corrected chi connectivity index (χ3v) is 10.9. The van der Waals surface area contributed by atoms with Gasteiger partial charge in [0.05, 0.1) is 34.9 Å². The van der Waals surface area contributed by atoms with E-state index in [0.29, 0.717) is 28.7 Å². The van der Waals surface area contributed by atoms with Crippen molar-refractivity contribution < 1.29 is 0 Å². The molecule has 0 amide bonds. The molecule has 2 aromatic heterocycles. The van der Waals surface area contributed by atoms with Crippen molar-refractivity contribution in [3.8, 4) is 79.3 Å². The summed E-state index contributed by atoms with van der Waals surface area (Å²) in [7, 11) is 0. The number of nitrogens with zero attached hydrogens (tertiary/aromatic N) is 6. The Morgan fingerprint density at radius 3 is 1.67 bits per heavy atom. The predicted molar refractivity (Wildman–Crippen MR) is 242 cm³/mol. The molecule has 0 spiro atoms. The molecule has 280 valence electrons. The maximum atomic E-state index is 10.2. The second-order valence-electron chi connectivity index (χ2n) is 14.8. The molecule has 6 heteroatoms. The number of nitriles is 1. The number of hydrogen-bond acceptors (Lipinski definition) is 4. The topological polar surface area (TPSA) is 71.8 Å².